The van der Waals surface area contributed by atoms with Gasteiger partial charge in [0.05, 0.1) is 16.9 Å². The van der Waals surface area contributed by atoms with Crippen LogP contribution in [0, 0.1) is 11.3 Å². The average Bonchev–Trinajstić information content (AvgIpc) is 2.47. The highest BCUT2D eigenvalue weighted by atomic mass is 35.5. The second-order valence-corrected chi connectivity index (χ2v) is 6.01. The molecule has 0 radical (unpaired) electrons. The van der Waals surface area contributed by atoms with Crippen molar-refractivity contribution in [2.75, 3.05) is 10.1 Å². The Balaban J connectivity index is 2.48. The number of benzene rings is 1. The second-order valence-electron chi connectivity index (χ2n) is 3.92. The maximum atomic E-state index is 12.4. The van der Waals surface area contributed by atoms with Gasteiger partial charge in [0.2, 0.25) is 0 Å². The van der Waals surface area contributed by atoms with Crippen molar-refractivity contribution in [1.82, 2.24) is 4.98 Å². The van der Waals surface area contributed by atoms with Crippen LogP contribution in [0.1, 0.15) is 5.56 Å². The normalized spacial score (nSPS) is 10.7. The lowest BCUT2D eigenvalue weighted by molar-refractivity contribution is 0.601. The number of nitrogens with two attached hydrogens (primary N) is 1. The van der Waals surface area contributed by atoms with Gasteiger partial charge in [-0.15, -0.1) is 0 Å². The van der Waals surface area contributed by atoms with Gasteiger partial charge in [0.25, 0.3) is 10.0 Å². The van der Waals surface area contributed by atoms with Gasteiger partial charge in [0.1, 0.15) is 11.0 Å². The van der Waals surface area contributed by atoms with E-state index < -0.39 is 10.0 Å². The summed E-state index contributed by atoms with van der Waals surface area (Å²) >= 11 is 5.82. The van der Waals surface area contributed by atoms with E-state index in [9.17, 15) is 8.42 Å². The lowest BCUT2D eigenvalue weighted by atomic mass is 10.2. The number of pyridine rings is 1. The number of nitrogens with one attached hydrogen (secondary N) is 2. The Morgan fingerprint density at radius 1 is 1.29 bits per heavy atom. The Labute approximate surface area is 126 Å². The summed E-state index contributed by atoms with van der Waals surface area (Å²) in [6, 6.07) is 7.57. The van der Waals surface area contributed by atoms with Crippen LogP contribution in [0.2, 0.25) is 5.02 Å². The number of halogens is 1. The number of anilines is 2. The van der Waals surface area contributed by atoms with E-state index in [1.165, 1.54) is 30.5 Å². The second kappa shape index (κ2) is 5.97. The van der Waals surface area contributed by atoms with E-state index >= 15 is 0 Å². The molecule has 1 heterocycles. The van der Waals surface area contributed by atoms with Crippen LogP contribution in [-0.4, -0.2) is 13.4 Å². The van der Waals surface area contributed by atoms with E-state index in [2.05, 4.69) is 15.1 Å². The zero-order valence-electron chi connectivity index (χ0n) is 10.5. The minimum Gasteiger partial charge on any atom is -0.323 e. The highest BCUT2D eigenvalue weighted by Crippen LogP contribution is 2.25. The van der Waals surface area contributed by atoms with Crippen molar-refractivity contribution in [2.45, 2.75) is 4.90 Å². The van der Waals surface area contributed by atoms with Crippen LogP contribution in [0.3, 0.4) is 0 Å². The van der Waals surface area contributed by atoms with Gasteiger partial charge in [-0.2, -0.15) is 5.26 Å². The molecule has 0 spiro atoms. The third kappa shape index (κ3) is 3.22. The summed E-state index contributed by atoms with van der Waals surface area (Å²) in [7, 11) is -3.97. The molecule has 0 saturated carbocycles. The van der Waals surface area contributed by atoms with Gasteiger partial charge in [-0.25, -0.2) is 8.42 Å². The van der Waals surface area contributed by atoms with Crippen LogP contribution < -0.4 is 16.0 Å². The molecular weight excluding hydrogens is 314 g/mol. The molecular formula is C12H10ClN5O2S. The van der Waals surface area contributed by atoms with Crippen LogP contribution in [0.5, 0.6) is 0 Å². The van der Waals surface area contributed by atoms with E-state index in [0.29, 0.717) is 5.02 Å². The first-order chi connectivity index (χ1) is 9.97. The molecule has 4 N–H and O–H groups in total. The summed E-state index contributed by atoms with van der Waals surface area (Å²) in [6.07, 6.45) is 2.54. The van der Waals surface area contributed by atoms with Gasteiger partial charge in [-0.3, -0.25) is 15.5 Å². The number of aromatic nitrogens is 1. The molecule has 0 amide bonds. The lowest BCUT2D eigenvalue weighted by Crippen LogP contribution is -2.18. The average molecular weight is 324 g/mol. The largest absolute Gasteiger partial charge is 0.323 e. The smallest absolute Gasteiger partial charge is 0.265 e. The fourth-order valence-corrected chi connectivity index (χ4v) is 2.97. The Bertz CT molecular complexity index is 817. The zero-order valence-corrected chi connectivity index (χ0v) is 12.1. The number of nitrogen functional groups attached to an aromatic ring is 1. The first kappa shape index (κ1) is 15.1. The molecule has 7 nitrogen and oxygen atoms in total. The number of sulfonamides is 1. The monoisotopic (exact) mass is 323 g/mol. The number of nitrogens with zero attached hydrogens (tertiary/aromatic N) is 2. The van der Waals surface area contributed by atoms with Crippen LogP contribution in [0.4, 0.5) is 11.4 Å². The van der Waals surface area contributed by atoms with Crippen molar-refractivity contribution in [3.63, 3.8) is 0 Å². The van der Waals surface area contributed by atoms with Gasteiger partial charge in [-0.1, -0.05) is 11.6 Å². The number of hydrogen-bond acceptors (Lipinski definition) is 6. The first-order valence-electron chi connectivity index (χ1n) is 5.61. The quantitative estimate of drug-likeness (QED) is 0.581. The topological polar surface area (TPSA) is 121 Å². The summed E-state index contributed by atoms with van der Waals surface area (Å²) < 4.78 is 27.0. The number of rotatable bonds is 4. The molecule has 2 rings (SSSR count). The Morgan fingerprint density at radius 3 is 2.71 bits per heavy atom. The fraction of sp³-hybridized carbons (Fsp3) is 0. The van der Waals surface area contributed by atoms with E-state index in [-0.39, 0.29) is 21.8 Å². The zero-order chi connectivity index (χ0) is 15.5. The van der Waals surface area contributed by atoms with Gasteiger partial charge >= 0.3 is 0 Å². The van der Waals surface area contributed by atoms with E-state index in [0.717, 1.165) is 6.20 Å². The molecule has 0 unspecified atom stereocenters. The molecule has 0 fully saturated rings. The molecule has 0 aliphatic rings. The summed E-state index contributed by atoms with van der Waals surface area (Å²) in [5.74, 6) is 5.28. The first-order valence-corrected chi connectivity index (χ1v) is 7.47. The van der Waals surface area contributed by atoms with Crippen molar-refractivity contribution >= 4 is 33.0 Å². The van der Waals surface area contributed by atoms with E-state index in [1.807, 2.05) is 6.07 Å². The van der Waals surface area contributed by atoms with Crippen LogP contribution in [0.15, 0.2) is 41.6 Å². The molecule has 0 aliphatic heterocycles. The Hall–Kier alpha value is -2.34. The van der Waals surface area contributed by atoms with Crippen molar-refractivity contribution in [2.24, 2.45) is 5.84 Å². The van der Waals surface area contributed by atoms with Crippen molar-refractivity contribution in [3.05, 3.63) is 47.2 Å². The number of nitriles is 1. The maximum absolute atomic E-state index is 12.4. The van der Waals surface area contributed by atoms with E-state index in [4.69, 9.17) is 22.7 Å². The lowest BCUT2D eigenvalue weighted by Gasteiger charge is -2.12. The molecule has 108 valence electrons. The standard InChI is InChI=1S/C12H10ClN5O2S/c13-9-2-1-8(6-14)11(5-9)18-21(19,20)12-7-16-4-3-10(12)17-15/h1-5,7,18H,15H2,(H,16,17). The molecule has 9 heteroatoms. The Morgan fingerprint density at radius 2 is 2.05 bits per heavy atom. The minimum atomic E-state index is -3.97. The highest BCUT2D eigenvalue weighted by Gasteiger charge is 2.20. The predicted octanol–water partition coefficient (Wildman–Crippen LogP) is 1.69. The molecule has 0 saturated heterocycles. The van der Waals surface area contributed by atoms with Gasteiger partial charge in [0, 0.05) is 17.4 Å². The van der Waals surface area contributed by atoms with E-state index in [1.54, 1.807) is 0 Å². The van der Waals surface area contributed by atoms with Gasteiger partial charge < -0.3 is 5.43 Å². The maximum Gasteiger partial charge on any atom is 0.265 e. The van der Waals surface area contributed by atoms with Crippen LogP contribution in [0.25, 0.3) is 0 Å². The highest BCUT2D eigenvalue weighted by molar-refractivity contribution is 7.92. The summed E-state index contributed by atoms with van der Waals surface area (Å²) in [5.41, 5.74) is 2.68. The summed E-state index contributed by atoms with van der Waals surface area (Å²) in [6.45, 7) is 0. The fourth-order valence-electron chi connectivity index (χ4n) is 1.61. The molecule has 1 aromatic carbocycles. The third-order valence-corrected chi connectivity index (χ3v) is 4.20. The summed E-state index contributed by atoms with van der Waals surface area (Å²) in [4.78, 5) is 3.61. The molecule has 0 bridgehead atoms. The molecule has 2 aromatic rings. The van der Waals surface area contributed by atoms with Crippen molar-refractivity contribution in [3.8, 4) is 6.07 Å². The van der Waals surface area contributed by atoms with Crippen LogP contribution >= 0.6 is 11.6 Å². The molecule has 0 aliphatic carbocycles. The molecule has 21 heavy (non-hydrogen) atoms. The minimum absolute atomic E-state index is 0.0804. The molecule has 1 aromatic heterocycles. The SMILES string of the molecule is N#Cc1ccc(Cl)cc1NS(=O)(=O)c1cnccc1NN. The number of hydrogen-bond donors (Lipinski definition) is 3. The van der Waals surface area contributed by atoms with Crippen molar-refractivity contribution < 1.29 is 8.42 Å². The number of hydrazine groups is 1. The van der Waals surface area contributed by atoms with Crippen molar-refractivity contribution in [1.29, 1.82) is 5.26 Å². The van der Waals surface area contributed by atoms with Gasteiger partial charge in [0.15, 0.2) is 0 Å². The van der Waals surface area contributed by atoms with Crippen LogP contribution in [-0.2, 0) is 10.0 Å². The predicted molar refractivity (Wildman–Crippen MR) is 79.0 cm³/mol. The summed E-state index contributed by atoms with van der Waals surface area (Å²) in [5, 5.41) is 9.31. The Kier molecular flexibility index (Phi) is 4.28. The third-order valence-electron chi connectivity index (χ3n) is 2.58. The van der Waals surface area contributed by atoms with Gasteiger partial charge in [-0.05, 0) is 24.3 Å². The molecule has 0 atom stereocenters.